The highest BCUT2D eigenvalue weighted by atomic mass is 16.5. The first-order chi connectivity index (χ1) is 7.97. The summed E-state index contributed by atoms with van der Waals surface area (Å²) in [6.07, 6.45) is 1.01. The minimum absolute atomic E-state index is 0.230. The first-order valence-electron chi connectivity index (χ1n) is 6.23. The van der Waals surface area contributed by atoms with Gasteiger partial charge in [-0.15, -0.1) is 0 Å². The zero-order valence-corrected chi connectivity index (χ0v) is 11.7. The Hall–Kier alpha value is -0.860. The second-order valence-corrected chi connectivity index (χ2v) is 5.59. The van der Waals surface area contributed by atoms with E-state index < -0.39 is 0 Å². The number of methoxy groups -OCH3 is 1. The molecule has 0 aromatic heterocycles. The van der Waals surface area contributed by atoms with E-state index >= 15 is 0 Å². The molecular weight excluding hydrogens is 210 g/mol. The molecule has 17 heavy (non-hydrogen) atoms. The zero-order chi connectivity index (χ0) is 12.9. The largest absolute Gasteiger partial charge is 0.383 e. The van der Waals surface area contributed by atoms with Crippen molar-refractivity contribution in [2.75, 3.05) is 20.8 Å². The first kappa shape index (κ1) is 14.2. The Kier molecular flexibility index (Phi) is 5.16. The fourth-order valence-electron chi connectivity index (χ4n) is 1.87. The maximum absolute atomic E-state index is 5.18. The van der Waals surface area contributed by atoms with Crippen molar-refractivity contribution < 1.29 is 4.74 Å². The molecule has 0 aliphatic heterocycles. The lowest BCUT2D eigenvalue weighted by atomic mass is 9.86. The van der Waals surface area contributed by atoms with Gasteiger partial charge in [-0.1, -0.05) is 45.0 Å². The summed E-state index contributed by atoms with van der Waals surface area (Å²) in [5.41, 5.74) is 2.97. The number of likely N-dealkylation sites (N-methyl/N-ethyl adjacent to an activating group) is 1. The molecule has 0 spiro atoms. The van der Waals surface area contributed by atoms with Crippen molar-refractivity contribution >= 4 is 0 Å². The molecule has 0 radical (unpaired) electrons. The summed E-state index contributed by atoms with van der Waals surface area (Å²) in [6.45, 7) is 7.47. The quantitative estimate of drug-likeness (QED) is 0.847. The van der Waals surface area contributed by atoms with E-state index in [0.717, 1.165) is 13.0 Å². The van der Waals surface area contributed by atoms with Gasteiger partial charge in [0.25, 0.3) is 0 Å². The molecule has 0 saturated carbocycles. The molecule has 1 rings (SSSR count). The van der Waals surface area contributed by atoms with Crippen molar-refractivity contribution in [3.8, 4) is 0 Å². The highest BCUT2D eigenvalue weighted by Gasteiger charge is 2.13. The second kappa shape index (κ2) is 6.18. The fourth-order valence-corrected chi connectivity index (χ4v) is 1.87. The molecule has 1 aromatic rings. The van der Waals surface area contributed by atoms with Crippen LogP contribution >= 0.6 is 0 Å². The van der Waals surface area contributed by atoms with Gasteiger partial charge in [0.2, 0.25) is 0 Å². The van der Waals surface area contributed by atoms with Crippen molar-refractivity contribution in [1.82, 2.24) is 5.32 Å². The molecule has 0 amide bonds. The van der Waals surface area contributed by atoms with Crippen LogP contribution < -0.4 is 5.32 Å². The molecule has 0 fully saturated rings. The third kappa shape index (κ3) is 4.49. The van der Waals surface area contributed by atoms with Gasteiger partial charge in [-0.05, 0) is 30.0 Å². The molecule has 2 nitrogen and oxygen atoms in total. The highest BCUT2D eigenvalue weighted by Crippen LogP contribution is 2.22. The van der Waals surface area contributed by atoms with Crippen LogP contribution in [0.5, 0.6) is 0 Å². The van der Waals surface area contributed by atoms with Gasteiger partial charge in [-0.2, -0.15) is 0 Å². The van der Waals surface area contributed by atoms with Gasteiger partial charge in [0.15, 0.2) is 0 Å². The van der Waals surface area contributed by atoms with Crippen LogP contribution in [0.15, 0.2) is 24.3 Å². The summed E-state index contributed by atoms with van der Waals surface area (Å²) >= 11 is 0. The molecule has 1 unspecified atom stereocenters. The van der Waals surface area contributed by atoms with Crippen LogP contribution in [0.3, 0.4) is 0 Å². The average Bonchev–Trinajstić information content (AvgIpc) is 2.28. The van der Waals surface area contributed by atoms with E-state index in [-0.39, 0.29) is 5.41 Å². The van der Waals surface area contributed by atoms with E-state index in [4.69, 9.17) is 4.74 Å². The summed E-state index contributed by atoms with van der Waals surface area (Å²) in [5, 5.41) is 3.27. The summed E-state index contributed by atoms with van der Waals surface area (Å²) in [6, 6.07) is 9.30. The Morgan fingerprint density at radius 3 is 2.18 bits per heavy atom. The number of hydrogen-bond donors (Lipinski definition) is 1. The van der Waals surface area contributed by atoms with Crippen LogP contribution in [0.4, 0.5) is 0 Å². The number of hydrogen-bond acceptors (Lipinski definition) is 2. The second-order valence-electron chi connectivity index (χ2n) is 5.59. The van der Waals surface area contributed by atoms with Crippen LogP contribution in [0.1, 0.15) is 31.9 Å². The lowest BCUT2D eigenvalue weighted by molar-refractivity contribution is 0.169. The maximum atomic E-state index is 5.18. The van der Waals surface area contributed by atoms with Crippen molar-refractivity contribution in [3.05, 3.63) is 35.4 Å². The Balaban J connectivity index is 2.68. The van der Waals surface area contributed by atoms with Gasteiger partial charge in [-0.3, -0.25) is 0 Å². The number of benzene rings is 1. The van der Waals surface area contributed by atoms with Crippen LogP contribution in [0, 0.1) is 0 Å². The number of ether oxygens (including phenoxy) is 1. The fraction of sp³-hybridized carbons (Fsp3) is 0.600. The van der Waals surface area contributed by atoms with E-state index in [2.05, 4.69) is 50.4 Å². The molecule has 0 aliphatic rings. The average molecular weight is 235 g/mol. The summed E-state index contributed by atoms with van der Waals surface area (Å²) in [5.74, 6) is 0. The van der Waals surface area contributed by atoms with E-state index in [0.29, 0.717) is 6.04 Å². The highest BCUT2D eigenvalue weighted by molar-refractivity contribution is 5.27. The Bertz CT molecular complexity index is 324. The minimum atomic E-state index is 0.230. The molecule has 96 valence electrons. The Morgan fingerprint density at radius 1 is 1.18 bits per heavy atom. The van der Waals surface area contributed by atoms with Crippen LogP contribution in [-0.2, 0) is 16.6 Å². The van der Waals surface area contributed by atoms with Gasteiger partial charge in [0, 0.05) is 13.2 Å². The molecule has 2 heteroatoms. The van der Waals surface area contributed by atoms with Crippen molar-refractivity contribution in [2.24, 2.45) is 0 Å². The van der Waals surface area contributed by atoms with E-state index in [1.54, 1.807) is 7.11 Å². The van der Waals surface area contributed by atoms with E-state index in [1.165, 1.54) is 11.1 Å². The maximum Gasteiger partial charge on any atom is 0.0618 e. The predicted octanol–water partition coefficient (Wildman–Crippen LogP) is 2.76. The van der Waals surface area contributed by atoms with Crippen molar-refractivity contribution in [1.29, 1.82) is 0 Å². The van der Waals surface area contributed by atoms with Crippen LogP contribution in [0.2, 0.25) is 0 Å². The molecule has 1 atom stereocenters. The zero-order valence-electron chi connectivity index (χ0n) is 11.7. The third-order valence-electron chi connectivity index (χ3n) is 3.08. The predicted molar refractivity (Wildman–Crippen MR) is 73.6 cm³/mol. The third-order valence-corrected chi connectivity index (χ3v) is 3.08. The van der Waals surface area contributed by atoms with Crippen molar-refractivity contribution in [3.63, 3.8) is 0 Å². The molecule has 0 bridgehead atoms. The molecule has 0 saturated heterocycles. The Morgan fingerprint density at radius 2 is 1.76 bits per heavy atom. The topological polar surface area (TPSA) is 21.3 Å². The summed E-state index contributed by atoms with van der Waals surface area (Å²) in [4.78, 5) is 0. The standard InChI is InChI=1S/C15H25NO/c1-15(2,3)13-8-6-12(7-9-13)10-14(16-4)11-17-5/h6-9,14,16H,10-11H2,1-5H3. The monoisotopic (exact) mass is 235 g/mol. The lowest BCUT2D eigenvalue weighted by Gasteiger charge is -2.20. The van der Waals surface area contributed by atoms with Gasteiger partial charge in [-0.25, -0.2) is 0 Å². The lowest BCUT2D eigenvalue weighted by Crippen LogP contribution is -2.32. The number of nitrogens with one attached hydrogen (secondary N) is 1. The van der Waals surface area contributed by atoms with Gasteiger partial charge < -0.3 is 10.1 Å². The normalized spacial score (nSPS) is 13.7. The molecular formula is C15H25NO. The van der Waals surface area contributed by atoms with Crippen LogP contribution in [-0.4, -0.2) is 26.8 Å². The van der Waals surface area contributed by atoms with Crippen molar-refractivity contribution in [2.45, 2.75) is 38.6 Å². The first-order valence-corrected chi connectivity index (χ1v) is 6.23. The molecule has 1 N–H and O–H groups in total. The van der Waals surface area contributed by atoms with E-state index in [1.807, 2.05) is 7.05 Å². The molecule has 0 aliphatic carbocycles. The van der Waals surface area contributed by atoms with Gasteiger partial charge in [0.1, 0.15) is 0 Å². The van der Waals surface area contributed by atoms with Crippen LogP contribution in [0.25, 0.3) is 0 Å². The minimum Gasteiger partial charge on any atom is -0.383 e. The molecule has 0 heterocycles. The SMILES string of the molecule is CNC(COC)Cc1ccc(C(C)(C)C)cc1. The summed E-state index contributed by atoms with van der Waals surface area (Å²) < 4.78 is 5.18. The van der Waals surface area contributed by atoms with Gasteiger partial charge >= 0.3 is 0 Å². The van der Waals surface area contributed by atoms with E-state index in [9.17, 15) is 0 Å². The molecule has 1 aromatic carbocycles. The Labute approximate surface area is 105 Å². The summed E-state index contributed by atoms with van der Waals surface area (Å²) in [7, 11) is 3.72. The number of rotatable bonds is 5. The van der Waals surface area contributed by atoms with Gasteiger partial charge in [0.05, 0.1) is 6.61 Å². The smallest absolute Gasteiger partial charge is 0.0618 e.